The minimum Gasteiger partial charge on any atom is -0.495 e. The Morgan fingerprint density at radius 2 is 2.00 bits per heavy atom. The number of benzene rings is 2. The molecule has 0 aliphatic carbocycles. The lowest BCUT2D eigenvalue weighted by molar-refractivity contribution is 0.0972. The van der Waals surface area contributed by atoms with Gasteiger partial charge in [-0.25, -0.2) is 4.98 Å². The maximum Gasteiger partial charge on any atom is 0.259 e. The van der Waals surface area contributed by atoms with Crippen LogP contribution in [0.15, 0.2) is 54.9 Å². The Hall–Kier alpha value is -3.49. The van der Waals surface area contributed by atoms with Crippen molar-refractivity contribution >= 4 is 34.1 Å². The number of aryl methyl sites for hydroxylation is 1. The number of pyridine rings is 1. The number of methoxy groups -OCH3 is 1. The predicted octanol–water partition coefficient (Wildman–Crippen LogP) is 4.09. The van der Waals surface area contributed by atoms with Crippen molar-refractivity contribution in [1.82, 2.24) is 25.3 Å². The number of aromatic nitrogens is 4. The molecule has 0 unspecified atom stereocenters. The molecular weight excluding hydrogens is 452 g/mol. The second-order valence-corrected chi connectivity index (χ2v) is 8.72. The van der Waals surface area contributed by atoms with E-state index in [4.69, 9.17) is 16.3 Å². The van der Waals surface area contributed by atoms with Crippen LogP contribution in [0.25, 0.3) is 22.0 Å². The Bertz CT molecular complexity index is 1330. The zero-order chi connectivity index (χ0) is 23.7. The van der Waals surface area contributed by atoms with E-state index < -0.39 is 0 Å². The first kappa shape index (κ1) is 22.3. The molecule has 1 fully saturated rings. The predicted molar refractivity (Wildman–Crippen MR) is 132 cm³/mol. The first-order valence-electron chi connectivity index (χ1n) is 11.2. The zero-order valence-electron chi connectivity index (χ0n) is 19.0. The van der Waals surface area contributed by atoms with E-state index in [9.17, 15) is 4.79 Å². The Morgan fingerprint density at radius 1 is 1.18 bits per heavy atom. The van der Waals surface area contributed by atoms with E-state index in [1.807, 2.05) is 60.6 Å². The summed E-state index contributed by atoms with van der Waals surface area (Å²) >= 11 is 6.60. The topological polar surface area (TPSA) is 85.2 Å². The normalized spacial score (nSPS) is 15.9. The number of rotatable bonds is 5. The molecule has 1 amide bonds. The van der Waals surface area contributed by atoms with E-state index >= 15 is 0 Å². The highest BCUT2D eigenvalue weighted by atomic mass is 35.5. The molecule has 1 aliphatic rings. The highest BCUT2D eigenvalue weighted by Crippen LogP contribution is 2.37. The second-order valence-electron chi connectivity index (χ2n) is 8.34. The summed E-state index contributed by atoms with van der Waals surface area (Å²) in [7, 11) is 3.41. The van der Waals surface area contributed by atoms with Gasteiger partial charge in [0.2, 0.25) is 0 Å². The number of fused-ring (bicyclic) bond motifs is 1. The smallest absolute Gasteiger partial charge is 0.259 e. The molecule has 2 aromatic carbocycles. The highest BCUT2D eigenvalue weighted by molar-refractivity contribution is 6.37. The third-order valence-corrected chi connectivity index (χ3v) is 6.55. The van der Waals surface area contributed by atoms with E-state index in [2.05, 4.69) is 20.6 Å². The lowest BCUT2D eigenvalue weighted by Crippen LogP contribution is -2.49. The quantitative estimate of drug-likeness (QED) is 0.467. The van der Waals surface area contributed by atoms with Gasteiger partial charge in [-0.05, 0) is 49.7 Å². The highest BCUT2D eigenvalue weighted by Gasteiger charge is 2.30. The summed E-state index contributed by atoms with van der Waals surface area (Å²) in [5.41, 5.74) is 2.24. The number of nitrogens with one attached hydrogen (secondary N) is 1. The number of halogens is 1. The molecule has 5 rings (SSSR count). The lowest BCUT2D eigenvalue weighted by atomic mass is 10.0. The van der Waals surface area contributed by atoms with Gasteiger partial charge in [0, 0.05) is 41.7 Å². The van der Waals surface area contributed by atoms with Crippen LogP contribution in [0.3, 0.4) is 0 Å². The molecule has 3 heterocycles. The maximum absolute atomic E-state index is 13.9. The largest absolute Gasteiger partial charge is 0.495 e. The Balaban J connectivity index is 1.57. The van der Waals surface area contributed by atoms with Gasteiger partial charge in [-0.2, -0.15) is 0 Å². The number of nitrogens with zero attached hydrogens (tertiary/aromatic N) is 5. The fourth-order valence-electron chi connectivity index (χ4n) is 4.42. The SMILES string of the molecule is COc1ccc2c(N(C(=O)c3ccc(-c4cn(C)nn4)cc3)[C@@H]3CCCNC3)nccc2c1Cl. The summed E-state index contributed by atoms with van der Waals surface area (Å²) in [6.45, 7) is 1.64. The molecule has 34 heavy (non-hydrogen) atoms. The Labute approximate surface area is 202 Å². The fourth-order valence-corrected chi connectivity index (χ4v) is 4.73. The zero-order valence-corrected chi connectivity index (χ0v) is 19.8. The summed E-state index contributed by atoms with van der Waals surface area (Å²) in [6, 6.07) is 13.0. The van der Waals surface area contributed by atoms with Gasteiger partial charge in [0.1, 0.15) is 17.3 Å². The van der Waals surface area contributed by atoms with Crippen molar-refractivity contribution < 1.29 is 9.53 Å². The Morgan fingerprint density at radius 3 is 2.68 bits per heavy atom. The number of carbonyl (C=O) groups is 1. The van der Waals surface area contributed by atoms with Crippen molar-refractivity contribution in [2.75, 3.05) is 25.1 Å². The molecule has 9 heteroatoms. The van der Waals surface area contributed by atoms with Gasteiger partial charge in [0.25, 0.3) is 5.91 Å². The van der Waals surface area contributed by atoms with Crippen molar-refractivity contribution in [3.8, 4) is 17.0 Å². The number of ether oxygens (including phenoxy) is 1. The summed E-state index contributed by atoms with van der Waals surface area (Å²) < 4.78 is 7.03. The average Bonchev–Trinajstić information content (AvgIpc) is 3.32. The van der Waals surface area contributed by atoms with Gasteiger partial charge in [0.15, 0.2) is 0 Å². The average molecular weight is 477 g/mol. The van der Waals surface area contributed by atoms with Gasteiger partial charge < -0.3 is 10.1 Å². The molecular formula is C25H25ClN6O2. The van der Waals surface area contributed by atoms with Crippen LogP contribution < -0.4 is 15.0 Å². The number of amides is 1. The van der Waals surface area contributed by atoms with Crippen molar-refractivity contribution in [1.29, 1.82) is 0 Å². The number of hydrogen-bond acceptors (Lipinski definition) is 6. The van der Waals surface area contributed by atoms with E-state index in [0.29, 0.717) is 28.7 Å². The Kier molecular flexibility index (Phi) is 6.17. The summed E-state index contributed by atoms with van der Waals surface area (Å²) in [5, 5.41) is 13.7. The number of piperidine rings is 1. The summed E-state index contributed by atoms with van der Waals surface area (Å²) in [4.78, 5) is 20.4. The first-order valence-corrected chi connectivity index (χ1v) is 11.6. The molecule has 0 saturated carbocycles. The van der Waals surface area contributed by atoms with Crippen molar-refractivity contribution in [3.05, 3.63) is 65.4 Å². The van der Waals surface area contributed by atoms with Crippen LogP contribution in [0.2, 0.25) is 5.02 Å². The molecule has 1 N–H and O–H groups in total. The maximum atomic E-state index is 13.9. The first-order chi connectivity index (χ1) is 16.6. The fraction of sp³-hybridized carbons (Fsp3) is 0.280. The van der Waals surface area contributed by atoms with Gasteiger partial charge in [0.05, 0.1) is 24.4 Å². The van der Waals surface area contributed by atoms with E-state index in [0.717, 1.165) is 41.4 Å². The van der Waals surface area contributed by atoms with Gasteiger partial charge in [-0.15, -0.1) is 5.10 Å². The van der Waals surface area contributed by atoms with Crippen LogP contribution in [-0.4, -0.2) is 52.1 Å². The van der Waals surface area contributed by atoms with Crippen molar-refractivity contribution in [3.63, 3.8) is 0 Å². The van der Waals surface area contributed by atoms with Crippen LogP contribution in [0, 0.1) is 0 Å². The number of carbonyl (C=O) groups excluding carboxylic acids is 1. The molecule has 1 saturated heterocycles. The van der Waals surface area contributed by atoms with E-state index in [1.54, 1.807) is 18.0 Å². The van der Waals surface area contributed by atoms with Crippen molar-refractivity contribution in [2.24, 2.45) is 7.05 Å². The van der Waals surface area contributed by atoms with Crippen molar-refractivity contribution in [2.45, 2.75) is 18.9 Å². The van der Waals surface area contributed by atoms with Crippen LogP contribution in [0.4, 0.5) is 5.82 Å². The van der Waals surface area contributed by atoms with Crippen LogP contribution in [0.5, 0.6) is 5.75 Å². The monoisotopic (exact) mass is 476 g/mol. The molecule has 174 valence electrons. The molecule has 0 bridgehead atoms. The summed E-state index contributed by atoms with van der Waals surface area (Å²) in [6.07, 6.45) is 5.41. The number of anilines is 1. The van der Waals surface area contributed by atoms with Gasteiger partial charge in [-0.3, -0.25) is 14.4 Å². The van der Waals surface area contributed by atoms with E-state index in [-0.39, 0.29) is 11.9 Å². The standard InChI is InChI=1S/C25H25ClN6O2/c1-31-15-21(29-30-31)16-5-7-17(8-6-16)25(33)32(18-4-3-12-27-14-18)24-20-9-10-22(34-2)23(26)19(20)11-13-28-24/h5-11,13,15,18,27H,3-4,12,14H2,1-2H3/t18-/m1/s1. The van der Waals surface area contributed by atoms with Crippen LogP contribution in [-0.2, 0) is 7.05 Å². The molecule has 0 radical (unpaired) electrons. The third kappa shape index (κ3) is 4.10. The van der Waals surface area contributed by atoms with Gasteiger partial charge in [-0.1, -0.05) is 28.9 Å². The molecule has 4 aromatic rings. The molecule has 0 spiro atoms. The second kappa shape index (κ2) is 9.40. The van der Waals surface area contributed by atoms with E-state index in [1.165, 1.54) is 0 Å². The molecule has 1 atom stereocenters. The molecule has 8 nitrogen and oxygen atoms in total. The van der Waals surface area contributed by atoms with Crippen LogP contribution >= 0.6 is 11.6 Å². The third-order valence-electron chi connectivity index (χ3n) is 6.16. The number of hydrogen-bond donors (Lipinski definition) is 1. The lowest BCUT2D eigenvalue weighted by Gasteiger charge is -2.34. The minimum absolute atomic E-state index is 0.0279. The minimum atomic E-state index is -0.105. The molecule has 2 aromatic heterocycles. The summed E-state index contributed by atoms with van der Waals surface area (Å²) in [5.74, 6) is 1.08. The molecule has 1 aliphatic heterocycles. The van der Waals surface area contributed by atoms with Crippen LogP contribution in [0.1, 0.15) is 23.2 Å². The van der Waals surface area contributed by atoms with Gasteiger partial charge >= 0.3 is 0 Å².